The minimum Gasteiger partial charge on any atom is -0.389 e. The van der Waals surface area contributed by atoms with Gasteiger partial charge in [-0.1, -0.05) is 6.07 Å². The van der Waals surface area contributed by atoms with Crippen LogP contribution in [0.3, 0.4) is 0 Å². The third kappa shape index (κ3) is 3.08. The molecule has 106 valence electrons. The zero-order valence-electron chi connectivity index (χ0n) is 11.4. The molecule has 4 heteroatoms. The number of aliphatic hydroxyl groups excluding tert-OH is 1. The smallest absolute Gasteiger partial charge is 0.0762 e. The Morgan fingerprint density at radius 1 is 1.40 bits per heavy atom. The van der Waals surface area contributed by atoms with Crippen LogP contribution in [0, 0.1) is 0 Å². The highest BCUT2D eigenvalue weighted by Crippen LogP contribution is 2.38. The normalized spacial score (nSPS) is 16.1. The average molecular weight is 352 g/mol. The van der Waals surface area contributed by atoms with Gasteiger partial charge in [-0.3, -0.25) is 0 Å². The molecule has 20 heavy (non-hydrogen) atoms. The summed E-state index contributed by atoms with van der Waals surface area (Å²) in [6, 6.07) is 9.02. The molecule has 1 aliphatic rings. The molecule has 2 aromatic rings. The molecule has 0 aliphatic heterocycles. The summed E-state index contributed by atoms with van der Waals surface area (Å²) in [7, 11) is 0. The number of thiophene rings is 1. The third-order valence-electron chi connectivity index (χ3n) is 3.68. The summed E-state index contributed by atoms with van der Waals surface area (Å²) in [6.45, 7) is 2.76. The number of hydrogen-bond donors (Lipinski definition) is 1. The SMILES string of the molecule is C[C@H](O)c1ccc(N(Cc2ccsc2)C2CC2)c(Br)c1. The van der Waals surface area contributed by atoms with E-state index in [-0.39, 0.29) is 0 Å². The summed E-state index contributed by atoms with van der Waals surface area (Å²) in [5.74, 6) is 0. The van der Waals surface area contributed by atoms with Gasteiger partial charge in [-0.05, 0) is 75.8 Å². The number of anilines is 1. The second-order valence-electron chi connectivity index (χ2n) is 5.38. The maximum atomic E-state index is 9.67. The molecule has 1 aromatic heterocycles. The Morgan fingerprint density at radius 3 is 2.75 bits per heavy atom. The molecule has 1 aliphatic carbocycles. The Hall–Kier alpha value is -0.840. The first-order chi connectivity index (χ1) is 9.65. The van der Waals surface area contributed by atoms with Gasteiger partial charge in [0.1, 0.15) is 0 Å². The number of hydrogen-bond acceptors (Lipinski definition) is 3. The van der Waals surface area contributed by atoms with E-state index in [1.54, 1.807) is 18.3 Å². The van der Waals surface area contributed by atoms with E-state index in [2.05, 4.69) is 43.7 Å². The van der Waals surface area contributed by atoms with Crippen LogP contribution in [-0.4, -0.2) is 11.1 Å². The van der Waals surface area contributed by atoms with Crippen LogP contribution >= 0.6 is 27.3 Å². The summed E-state index contributed by atoms with van der Waals surface area (Å²) < 4.78 is 1.07. The number of nitrogens with zero attached hydrogens (tertiary/aromatic N) is 1. The average Bonchev–Trinajstić information content (AvgIpc) is 3.14. The van der Waals surface area contributed by atoms with Gasteiger partial charge in [0.15, 0.2) is 0 Å². The second kappa shape index (κ2) is 5.88. The number of aliphatic hydroxyl groups is 1. The molecule has 3 rings (SSSR count). The molecule has 0 bridgehead atoms. The molecule has 1 N–H and O–H groups in total. The Bertz CT molecular complexity index is 578. The Balaban J connectivity index is 1.87. The van der Waals surface area contributed by atoms with E-state index in [0.717, 1.165) is 16.6 Å². The molecule has 1 fully saturated rings. The van der Waals surface area contributed by atoms with Crippen molar-refractivity contribution in [1.29, 1.82) is 0 Å². The van der Waals surface area contributed by atoms with Crippen LogP contribution in [0.5, 0.6) is 0 Å². The van der Waals surface area contributed by atoms with E-state index in [0.29, 0.717) is 6.04 Å². The molecule has 0 amide bonds. The number of rotatable bonds is 5. The minimum atomic E-state index is -0.424. The Labute approximate surface area is 132 Å². The van der Waals surface area contributed by atoms with Crippen molar-refractivity contribution in [1.82, 2.24) is 0 Å². The zero-order chi connectivity index (χ0) is 14.1. The Kier molecular flexibility index (Phi) is 4.15. The molecule has 1 heterocycles. The number of benzene rings is 1. The molecule has 0 spiro atoms. The van der Waals surface area contributed by atoms with Crippen LogP contribution in [0.1, 0.15) is 37.0 Å². The van der Waals surface area contributed by atoms with Crippen LogP contribution in [-0.2, 0) is 6.54 Å². The van der Waals surface area contributed by atoms with Crippen molar-refractivity contribution in [3.05, 3.63) is 50.6 Å². The third-order valence-corrected chi connectivity index (χ3v) is 5.05. The summed E-state index contributed by atoms with van der Waals surface area (Å²) >= 11 is 5.41. The first kappa shape index (κ1) is 14.1. The van der Waals surface area contributed by atoms with Crippen LogP contribution in [0.15, 0.2) is 39.5 Å². The second-order valence-corrected chi connectivity index (χ2v) is 7.01. The lowest BCUT2D eigenvalue weighted by atomic mass is 10.1. The van der Waals surface area contributed by atoms with Gasteiger partial charge in [0, 0.05) is 17.1 Å². The van der Waals surface area contributed by atoms with Gasteiger partial charge in [0.05, 0.1) is 11.8 Å². The predicted octanol–water partition coefficient (Wildman–Crippen LogP) is 4.73. The van der Waals surface area contributed by atoms with Crippen LogP contribution in [0.25, 0.3) is 0 Å². The van der Waals surface area contributed by atoms with Gasteiger partial charge in [0.25, 0.3) is 0 Å². The van der Waals surface area contributed by atoms with Gasteiger partial charge < -0.3 is 10.0 Å². The maximum Gasteiger partial charge on any atom is 0.0762 e. The van der Waals surface area contributed by atoms with E-state index in [1.807, 2.05) is 12.1 Å². The van der Waals surface area contributed by atoms with Gasteiger partial charge >= 0.3 is 0 Å². The van der Waals surface area contributed by atoms with Crippen LogP contribution in [0.4, 0.5) is 5.69 Å². The van der Waals surface area contributed by atoms with Gasteiger partial charge in [0.2, 0.25) is 0 Å². The van der Waals surface area contributed by atoms with Crippen molar-refractivity contribution in [2.45, 2.75) is 38.5 Å². The molecule has 1 aromatic carbocycles. The van der Waals surface area contributed by atoms with Crippen LogP contribution in [0.2, 0.25) is 0 Å². The van der Waals surface area contributed by atoms with E-state index < -0.39 is 6.10 Å². The quantitative estimate of drug-likeness (QED) is 0.841. The van der Waals surface area contributed by atoms with Gasteiger partial charge in [-0.25, -0.2) is 0 Å². The van der Waals surface area contributed by atoms with E-state index >= 15 is 0 Å². The predicted molar refractivity (Wildman–Crippen MR) is 88.3 cm³/mol. The molecule has 0 radical (unpaired) electrons. The van der Waals surface area contributed by atoms with Crippen molar-refractivity contribution < 1.29 is 5.11 Å². The first-order valence-electron chi connectivity index (χ1n) is 6.90. The van der Waals surface area contributed by atoms with E-state index in [1.165, 1.54) is 24.1 Å². The van der Waals surface area contributed by atoms with Crippen molar-refractivity contribution in [2.75, 3.05) is 4.90 Å². The topological polar surface area (TPSA) is 23.5 Å². The Morgan fingerprint density at radius 2 is 2.20 bits per heavy atom. The molecule has 0 unspecified atom stereocenters. The molecule has 2 nitrogen and oxygen atoms in total. The van der Waals surface area contributed by atoms with E-state index in [9.17, 15) is 5.11 Å². The summed E-state index contributed by atoms with van der Waals surface area (Å²) in [6.07, 6.45) is 2.12. The monoisotopic (exact) mass is 351 g/mol. The van der Waals surface area contributed by atoms with Crippen molar-refractivity contribution >= 4 is 33.0 Å². The van der Waals surface area contributed by atoms with Crippen molar-refractivity contribution in [2.24, 2.45) is 0 Å². The highest BCUT2D eigenvalue weighted by Gasteiger charge is 2.30. The lowest BCUT2D eigenvalue weighted by Crippen LogP contribution is -2.25. The highest BCUT2D eigenvalue weighted by molar-refractivity contribution is 9.10. The molecule has 0 saturated heterocycles. The summed E-state index contributed by atoms with van der Waals surface area (Å²) in [5, 5.41) is 14.0. The van der Waals surface area contributed by atoms with Crippen LogP contribution < -0.4 is 4.90 Å². The highest BCUT2D eigenvalue weighted by atomic mass is 79.9. The fraction of sp³-hybridized carbons (Fsp3) is 0.375. The van der Waals surface area contributed by atoms with E-state index in [4.69, 9.17) is 0 Å². The summed E-state index contributed by atoms with van der Waals surface area (Å²) in [4.78, 5) is 2.47. The standard InChI is InChI=1S/C16H18BrNOS/c1-11(19)13-2-5-16(15(17)8-13)18(14-3-4-14)9-12-6-7-20-10-12/h2,5-8,10-11,14,19H,3-4,9H2,1H3/t11-/m0/s1. The summed E-state index contributed by atoms with van der Waals surface area (Å²) in [5.41, 5.74) is 3.54. The van der Waals surface area contributed by atoms with Gasteiger partial charge in [-0.15, -0.1) is 0 Å². The van der Waals surface area contributed by atoms with Gasteiger partial charge in [-0.2, -0.15) is 11.3 Å². The number of halogens is 1. The largest absolute Gasteiger partial charge is 0.389 e. The minimum absolute atomic E-state index is 0.424. The molecule has 1 atom stereocenters. The molecule has 1 saturated carbocycles. The fourth-order valence-corrected chi connectivity index (χ4v) is 3.68. The first-order valence-corrected chi connectivity index (χ1v) is 8.64. The lowest BCUT2D eigenvalue weighted by molar-refractivity contribution is 0.199. The van der Waals surface area contributed by atoms with Crippen molar-refractivity contribution in [3.8, 4) is 0 Å². The maximum absolute atomic E-state index is 9.67. The zero-order valence-corrected chi connectivity index (χ0v) is 13.8. The lowest BCUT2D eigenvalue weighted by Gasteiger charge is -2.26. The molecular weight excluding hydrogens is 334 g/mol. The molecular formula is C16H18BrNOS. The fourth-order valence-electron chi connectivity index (χ4n) is 2.39. The van der Waals surface area contributed by atoms with Crippen molar-refractivity contribution in [3.63, 3.8) is 0 Å².